The second-order valence-electron chi connectivity index (χ2n) is 6.31. The fourth-order valence-corrected chi connectivity index (χ4v) is 2.46. The maximum atomic E-state index is 12.2. The Morgan fingerprint density at radius 2 is 1.92 bits per heavy atom. The number of hydrogen-bond acceptors (Lipinski definition) is 6. The van der Waals surface area contributed by atoms with Gasteiger partial charge in [0.05, 0.1) is 6.61 Å². The lowest BCUT2D eigenvalue weighted by atomic mass is 9.95. The fraction of sp³-hybridized carbons (Fsp3) is 0.556. The Kier molecular flexibility index (Phi) is 8.21. The zero-order valence-corrected chi connectivity index (χ0v) is 14.9. The van der Waals surface area contributed by atoms with E-state index in [0.717, 1.165) is 0 Å². The number of phenolic OH excluding ortho intramolecular Hbond substituents is 2. The van der Waals surface area contributed by atoms with Crippen LogP contribution in [0.15, 0.2) is 18.2 Å². The van der Waals surface area contributed by atoms with Crippen molar-refractivity contribution in [2.24, 2.45) is 11.8 Å². The van der Waals surface area contributed by atoms with E-state index >= 15 is 0 Å². The summed E-state index contributed by atoms with van der Waals surface area (Å²) >= 11 is 0. The predicted molar refractivity (Wildman–Crippen MR) is 92.1 cm³/mol. The number of aliphatic hydroxyl groups is 1. The molecule has 25 heavy (non-hydrogen) atoms. The van der Waals surface area contributed by atoms with Crippen LogP contribution < -0.4 is 5.32 Å². The molecule has 0 saturated carbocycles. The molecule has 0 aliphatic carbocycles. The molecule has 7 nitrogen and oxygen atoms in total. The molecule has 1 rings (SSSR count). The molecule has 1 amide bonds. The van der Waals surface area contributed by atoms with Crippen LogP contribution in [0.2, 0.25) is 0 Å². The van der Waals surface area contributed by atoms with Crippen LogP contribution in [-0.4, -0.2) is 46.5 Å². The average molecular weight is 353 g/mol. The van der Waals surface area contributed by atoms with Gasteiger partial charge in [0.1, 0.15) is 17.5 Å². The third kappa shape index (κ3) is 6.62. The SMILES string of the molecule is CCOC(=O)[C@@H](NC(=O)CC(CO)Cc1ccc(O)cc1O)C(C)C. The molecule has 1 aromatic carbocycles. The number of phenols is 2. The topological polar surface area (TPSA) is 116 Å². The molecular weight excluding hydrogens is 326 g/mol. The molecule has 1 aromatic rings. The van der Waals surface area contributed by atoms with Crippen LogP contribution in [-0.2, 0) is 20.7 Å². The second-order valence-corrected chi connectivity index (χ2v) is 6.31. The number of amides is 1. The molecule has 140 valence electrons. The van der Waals surface area contributed by atoms with E-state index in [9.17, 15) is 24.9 Å². The van der Waals surface area contributed by atoms with Gasteiger partial charge in [0, 0.05) is 19.1 Å². The lowest BCUT2D eigenvalue weighted by Crippen LogP contribution is -2.46. The number of aliphatic hydroxyl groups excluding tert-OH is 1. The Balaban J connectivity index is 2.69. The van der Waals surface area contributed by atoms with Crippen LogP contribution >= 0.6 is 0 Å². The van der Waals surface area contributed by atoms with Gasteiger partial charge in [-0.1, -0.05) is 19.9 Å². The van der Waals surface area contributed by atoms with Crippen LogP contribution in [0.4, 0.5) is 0 Å². The second kappa shape index (κ2) is 9.88. The molecule has 0 radical (unpaired) electrons. The van der Waals surface area contributed by atoms with Crippen LogP contribution in [0.5, 0.6) is 11.5 Å². The number of rotatable bonds is 9. The van der Waals surface area contributed by atoms with Gasteiger partial charge in [0.25, 0.3) is 0 Å². The van der Waals surface area contributed by atoms with Crippen molar-refractivity contribution in [1.82, 2.24) is 5.32 Å². The number of aromatic hydroxyl groups is 2. The van der Waals surface area contributed by atoms with Gasteiger partial charge in [0.2, 0.25) is 5.91 Å². The summed E-state index contributed by atoms with van der Waals surface area (Å²) in [7, 11) is 0. The highest BCUT2D eigenvalue weighted by Crippen LogP contribution is 2.25. The van der Waals surface area contributed by atoms with Crippen molar-refractivity contribution in [2.45, 2.75) is 39.7 Å². The van der Waals surface area contributed by atoms with E-state index < -0.39 is 17.9 Å². The Bertz CT molecular complexity index is 587. The molecule has 0 saturated heterocycles. The van der Waals surface area contributed by atoms with Gasteiger partial charge in [-0.15, -0.1) is 0 Å². The number of ether oxygens (including phenoxy) is 1. The van der Waals surface area contributed by atoms with Crippen LogP contribution in [0, 0.1) is 11.8 Å². The average Bonchev–Trinajstić information content (AvgIpc) is 2.54. The van der Waals surface area contributed by atoms with Crippen molar-refractivity contribution in [1.29, 1.82) is 0 Å². The zero-order valence-electron chi connectivity index (χ0n) is 14.9. The lowest BCUT2D eigenvalue weighted by molar-refractivity contribution is -0.148. The number of carbonyl (C=O) groups excluding carboxylic acids is 2. The quantitative estimate of drug-likeness (QED) is 0.498. The summed E-state index contributed by atoms with van der Waals surface area (Å²) in [6.45, 7) is 5.29. The maximum absolute atomic E-state index is 12.2. The summed E-state index contributed by atoms with van der Waals surface area (Å²) in [5.41, 5.74) is 0.524. The molecule has 0 bridgehead atoms. The summed E-state index contributed by atoms with van der Waals surface area (Å²) < 4.78 is 4.96. The first-order chi connectivity index (χ1) is 11.8. The lowest BCUT2D eigenvalue weighted by Gasteiger charge is -2.22. The van der Waals surface area contributed by atoms with Gasteiger partial charge in [-0.3, -0.25) is 4.79 Å². The summed E-state index contributed by atoms with van der Waals surface area (Å²) in [6.07, 6.45) is 0.265. The molecule has 0 aliphatic heterocycles. The van der Waals surface area contributed by atoms with Crippen molar-refractivity contribution in [3.05, 3.63) is 23.8 Å². The molecule has 2 atom stereocenters. The minimum absolute atomic E-state index is 0.000554. The van der Waals surface area contributed by atoms with E-state index in [2.05, 4.69) is 5.32 Å². The highest BCUT2D eigenvalue weighted by molar-refractivity contribution is 5.84. The maximum Gasteiger partial charge on any atom is 0.328 e. The van der Waals surface area contributed by atoms with E-state index in [4.69, 9.17) is 4.74 Å². The number of nitrogens with one attached hydrogen (secondary N) is 1. The van der Waals surface area contributed by atoms with Crippen molar-refractivity contribution < 1.29 is 29.6 Å². The van der Waals surface area contributed by atoms with Crippen molar-refractivity contribution in [3.63, 3.8) is 0 Å². The van der Waals surface area contributed by atoms with Gasteiger partial charge < -0.3 is 25.4 Å². The third-order valence-corrected chi connectivity index (χ3v) is 3.83. The third-order valence-electron chi connectivity index (χ3n) is 3.83. The number of carbonyl (C=O) groups is 2. The number of benzene rings is 1. The van der Waals surface area contributed by atoms with Crippen LogP contribution in [0.3, 0.4) is 0 Å². The fourth-order valence-electron chi connectivity index (χ4n) is 2.46. The molecule has 0 aliphatic rings. The van der Waals surface area contributed by atoms with Crippen LogP contribution in [0.25, 0.3) is 0 Å². The van der Waals surface area contributed by atoms with Gasteiger partial charge in [-0.05, 0) is 36.8 Å². The van der Waals surface area contributed by atoms with E-state index in [1.807, 2.05) is 0 Å². The minimum Gasteiger partial charge on any atom is -0.508 e. The van der Waals surface area contributed by atoms with Crippen molar-refractivity contribution in [2.75, 3.05) is 13.2 Å². The smallest absolute Gasteiger partial charge is 0.328 e. The molecule has 1 unspecified atom stereocenters. The molecule has 7 heteroatoms. The van der Waals surface area contributed by atoms with Gasteiger partial charge in [-0.25, -0.2) is 4.79 Å². The minimum atomic E-state index is -0.742. The monoisotopic (exact) mass is 353 g/mol. The number of hydrogen-bond donors (Lipinski definition) is 4. The van der Waals surface area contributed by atoms with Gasteiger partial charge >= 0.3 is 5.97 Å². The zero-order chi connectivity index (χ0) is 19.0. The van der Waals surface area contributed by atoms with Gasteiger partial charge in [-0.2, -0.15) is 0 Å². The van der Waals surface area contributed by atoms with E-state index in [0.29, 0.717) is 5.56 Å². The first kappa shape index (κ1) is 20.8. The molecular formula is C18H27NO6. The summed E-state index contributed by atoms with van der Waals surface area (Å²) in [5.74, 6) is -1.56. The number of esters is 1. The normalized spacial score (nSPS) is 13.3. The highest BCUT2D eigenvalue weighted by atomic mass is 16.5. The molecule has 0 aromatic heterocycles. The first-order valence-corrected chi connectivity index (χ1v) is 8.36. The van der Waals surface area contributed by atoms with Crippen LogP contribution in [0.1, 0.15) is 32.8 Å². The Morgan fingerprint density at radius 1 is 1.24 bits per heavy atom. The molecule has 0 spiro atoms. The predicted octanol–water partition coefficient (Wildman–Crippen LogP) is 1.34. The molecule has 0 fully saturated rings. The molecule has 4 N–H and O–H groups in total. The first-order valence-electron chi connectivity index (χ1n) is 8.36. The molecule has 0 heterocycles. The standard InChI is InChI=1S/C18H27NO6/c1-4-25-18(24)17(11(2)3)19-16(23)8-12(10-20)7-13-5-6-14(21)9-15(13)22/h5-6,9,11-12,17,20-22H,4,7-8,10H2,1-3H3,(H,19,23)/t12?,17-/m0/s1. The Labute approximate surface area is 147 Å². The Morgan fingerprint density at radius 3 is 2.44 bits per heavy atom. The van der Waals surface area contributed by atoms with E-state index in [1.165, 1.54) is 12.1 Å². The van der Waals surface area contributed by atoms with Gasteiger partial charge in [0.15, 0.2) is 0 Å². The Hall–Kier alpha value is -2.28. The summed E-state index contributed by atoms with van der Waals surface area (Å²) in [4.78, 5) is 24.1. The van der Waals surface area contributed by atoms with Crippen molar-refractivity contribution in [3.8, 4) is 11.5 Å². The summed E-state index contributed by atoms with van der Waals surface area (Å²) in [6, 6.07) is 3.44. The van der Waals surface area contributed by atoms with Crippen molar-refractivity contribution >= 4 is 11.9 Å². The highest BCUT2D eigenvalue weighted by Gasteiger charge is 2.26. The largest absolute Gasteiger partial charge is 0.508 e. The van der Waals surface area contributed by atoms with E-state index in [1.54, 1.807) is 26.8 Å². The van der Waals surface area contributed by atoms with E-state index in [-0.39, 0.29) is 49.4 Å². The summed E-state index contributed by atoms with van der Waals surface area (Å²) in [5, 5.41) is 31.3.